The van der Waals surface area contributed by atoms with Gasteiger partial charge in [-0.15, -0.1) is 0 Å². The van der Waals surface area contributed by atoms with Gasteiger partial charge in [0.2, 0.25) is 0 Å². The number of hydrogen-bond donors (Lipinski definition) is 2. The van der Waals surface area contributed by atoms with Crippen LogP contribution in [-0.4, -0.2) is 23.4 Å². The zero-order chi connectivity index (χ0) is 11.9. The standard InChI is InChI=1S/C12H16O4/c1-6-8-4-5-9(15-3)12(14)10(8)11(13)7(2)16-6/h4-7,11,13-14H,1-3H3. The number of methoxy groups -OCH3 is 1. The molecule has 4 heteroatoms. The monoisotopic (exact) mass is 224 g/mol. The Hall–Kier alpha value is -1.26. The van der Waals surface area contributed by atoms with Gasteiger partial charge in [0, 0.05) is 5.56 Å². The summed E-state index contributed by atoms with van der Waals surface area (Å²) in [6, 6.07) is 3.49. The average Bonchev–Trinajstić information content (AvgIpc) is 2.26. The molecule has 88 valence electrons. The number of benzene rings is 1. The van der Waals surface area contributed by atoms with Gasteiger partial charge in [-0.25, -0.2) is 0 Å². The van der Waals surface area contributed by atoms with E-state index in [4.69, 9.17) is 9.47 Å². The number of ether oxygens (including phenoxy) is 2. The minimum Gasteiger partial charge on any atom is -0.504 e. The second-order valence-electron chi connectivity index (χ2n) is 4.05. The lowest BCUT2D eigenvalue weighted by molar-refractivity contribution is -0.0818. The van der Waals surface area contributed by atoms with Crippen molar-refractivity contribution in [2.75, 3.05) is 7.11 Å². The molecule has 0 saturated heterocycles. The molecule has 2 rings (SSSR count). The Labute approximate surface area is 94.4 Å². The first-order valence-corrected chi connectivity index (χ1v) is 5.29. The van der Waals surface area contributed by atoms with Crippen LogP contribution in [0.5, 0.6) is 11.5 Å². The fraction of sp³-hybridized carbons (Fsp3) is 0.500. The smallest absolute Gasteiger partial charge is 0.164 e. The first kappa shape index (κ1) is 11.2. The molecule has 0 radical (unpaired) electrons. The van der Waals surface area contributed by atoms with Crippen LogP contribution in [-0.2, 0) is 4.74 Å². The van der Waals surface area contributed by atoms with Crippen LogP contribution in [0.25, 0.3) is 0 Å². The van der Waals surface area contributed by atoms with E-state index < -0.39 is 6.10 Å². The molecule has 0 spiro atoms. The molecule has 16 heavy (non-hydrogen) atoms. The van der Waals surface area contributed by atoms with Crippen LogP contribution in [0.4, 0.5) is 0 Å². The number of phenols is 1. The van der Waals surface area contributed by atoms with Crippen molar-refractivity contribution in [3.8, 4) is 11.5 Å². The third-order valence-electron chi connectivity index (χ3n) is 3.03. The average molecular weight is 224 g/mol. The maximum absolute atomic E-state index is 10.0. The third-order valence-corrected chi connectivity index (χ3v) is 3.03. The molecule has 0 bridgehead atoms. The molecule has 1 heterocycles. The number of aromatic hydroxyl groups is 1. The first-order valence-electron chi connectivity index (χ1n) is 5.29. The molecule has 3 atom stereocenters. The van der Waals surface area contributed by atoms with Crippen molar-refractivity contribution in [3.63, 3.8) is 0 Å². The van der Waals surface area contributed by atoms with Gasteiger partial charge in [0.1, 0.15) is 6.10 Å². The quantitative estimate of drug-likeness (QED) is 0.765. The lowest BCUT2D eigenvalue weighted by atomic mass is 9.91. The molecule has 1 aromatic rings. The van der Waals surface area contributed by atoms with Gasteiger partial charge in [0.25, 0.3) is 0 Å². The molecular formula is C12H16O4. The number of hydrogen-bond acceptors (Lipinski definition) is 4. The SMILES string of the molecule is COc1ccc2c(c1O)C(O)C(C)OC2C. The summed E-state index contributed by atoms with van der Waals surface area (Å²) in [6.45, 7) is 3.68. The van der Waals surface area contributed by atoms with E-state index in [1.165, 1.54) is 7.11 Å². The van der Waals surface area contributed by atoms with Gasteiger partial charge in [-0.3, -0.25) is 0 Å². The van der Waals surface area contributed by atoms with Crippen LogP contribution in [0.1, 0.15) is 37.2 Å². The van der Waals surface area contributed by atoms with Crippen molar-refractivity contribution in [1.29, 1.82) is 0 Å². The zero-order valence-corrected chi connectivity index (χ0v) is 9.60. The predicted molar refractivity (Wildman–Crippen MR) is 58.6 cm³/mol. The van der Waals surface area contributed by atoms with Crippen molar-refractivity contribution < 1.29 is 19.7 Å². The Kier molecular flexibility index (Phi) is 2.78. The van der Waals surface area contributed by atoms with Crippen LogP contribution in [0.2, 0.25) is 0 Å². The largest absolute Gasteiger partial charge is 0.504 e. The van der Waals surface area contributed by atoms with E-state index in [0.29, 0.717) is 11.3 Å². The Morgan fingerprint density at radius 2 is 2.00 bits per heavy atom. The minimum absolute atomic E-state index is 0.00880. The molecule has 3 unspecified atom stereocenters. The summed E-state index contributed by atoms with van der Waals surface area (Å²) in [6.07, 6.45) is -1.29. The molecule has 0 saturated carbocycles. The normalized spacial score (nSPS) is 28.6. The highest BCUT2D eigenvalue weighted by molar-refractivity contribution is 5.52. The van der Waals surface area contributed by atoms with Gasteiger partial charge in [0.05, 0.1) is 19.3 Å². The molecule has 1 aliphatic heterocycles. The fourth-order valence-electron chi connectivity index (χ4n) is 2.14. The van der Waals surface area contributed by atoms with Crippen LogP contribution < -0.4 is 4.74 Å². The Balaban J connectivity index is 2.59. The second kappa shape index (κ2) is 3.96. The van der Waals surface area contributed by atoms with Crippen molar-refractivity contribution in [3.05, 3.63) is 23.3 Å². The minimum atomic E-state index is -0.818. The van der Waals surface area contributed by atoms with Crippen LogP contribution in [0.15, 0.2) is 12.1 Å². The van der Waals surface area contributed by atoms with E-state index in [2.05, 4.69) is 0 Å². The van der Waals surface area contributed by atoms with E-state index in [0.717, 1.165) is 5.56 Å². The summed E-state index contributed by atoms with van der Waals surface area (Å²) in [5.74, 6) is 0.383. The lowest BCUT2D eigenvalue weighted by Crippen LogP contribution is -2.27. The van der Waals surface area contributed by atoms with Gasteiger partial charge in [-0.2, -0.15) is 0 Å². The van der Waals surface area contributed by atoms with Crippen molar-refractivity contribution in [2.24, 2.45) is 0 Å². The van der Waals surface area contributed by atoms with Gasteiger partial charge < -0.3 is 19.7 Å². The van der Waals surface area contributed by atoms with Crippen LogP contribution in [0, 0.1) is 0 Å². The highest BCUT2D eigenvalue weighted by atomic mass is 16.5. The Morgan fingerprint density at radius 3 is 2.62 bits per heavy atom. The van der Waals surface area contributed by atoms with E-state index in [-0.39, 0.29) is 18.0 Å². The predicted octanol–water partition coefficient (Wildman–Crippen LogP) is 1.91. The molecule has 1 aliphatic rings. The summed E-state index contributed by atoms with van der Waals surface area (Å²) in [5.41, 5.74) is 1.33. The fourth-order valence-corrected chi connectivity index (χ4v) is 2.14. The number of aliphatic hydroxyl groups excluding tert-OH is 1. The van der Waals surface area contributed by atoms with E-state index in [1.54, 1.807) is 13.0 Å². The zero-order valence-electron chi connectivity index (χ0n) is 9.60. The summed E-state index contributed by atoms with van der Waals surface area (Å²) in [5, 5.41) is 20.0. The molecule has 4 nitrogen and oxygen atoms in total. The van der Waals surface area contributed by atoms with Gasteiger partial charge >= 0.3 is 0 Å². The summed E-state index contributed by atoms with van der Waals surface area (Å²) < 4.78 is 10.6. The summed E-state index contributed by atoms with van der Waals surface area (Å²) in [7, 11) is 1.49. The number of rotatable bonds is 1. The number of aliphatic hydroxyl groups is 1. The van der Waals surface area contributed by atoms with Gasteiger partial charge in [-0.05, 0) is 25.5 Å². The third kappa shape index (κ3) is 1.54. The van der Waals surface area contributed by atoms with Crippen LogP contribution >= 0.6 is 0 Å². The van der Waals surface area contributed by atoms with E-state index in [9.17, 15) is 10.2 Å². The number of phenolic OH excluding ortho intramolecular Hbond substituents is 1. The van der Waals surface area contributed by atoms with E-state index >= 15 is 0 Å². The topological polar surface area (TPSA) is 58.9 Å². The lowest BCUT2D eigenvalue weighted by Gasteiger charge is -2.33. The molecule has 0 fully saturated rings. The van der Waals surface area contributed by atoms with Crippen molar-refractivity contribution >= 4 is 0 Å². The first-order chi connectivity index (χ1) is 7.56. The van der Waals surface area contributed by atoms with Gasteiger partial charge in [-0.1, -0.05) is 6.07 Å². The summed E-state index contributed by atoms with van der Waals surface area (Å²) in [4.78, 5) is 0. The highest BCUT2D eigenvalue weighted by Crippen LogP contribution is 2.44. The van der Waals surface area contributed by atoms with Crippen molar-refractivity contribution in [2.45, 2.75) is 32.2 Å². The second-order valence-corrected chi connectivity index (χ2v) is 4.05. The molecule has 0 aliphatic carbocycles. The Bertz CT molecular complexity index is 402. The Morgan fingerprint density at radius 1 is 1.31 bits per heavy atom. The number of fused-ring (bicyclic) bond motifs is 1. The maximum atomic E-state index is 10.0. The highest BCUT2D eigenvalue weighted by Gasteiger charge is 2.33. The van der Waals surface area contributed by atoms with Gasteiger partial charge in [0.15, 0.2) is 11.5 Å². The summed E-state index contributed by atoms with van der Waals surface area (Å²) >= 11 is 0. The molecular weight excluding hydrogens is 208 g/mol. The molecule has 2 N–H and O–H groups in total. The molecule has 0 aromatic heterocycles. The van der Waals surface area contributed by atoms with E-state index in [1.807, 2.05) is 13.0 Å². The van der Waals surface area contributed by atoms with Crippen molar-refractivity contribution in [1.82, 2.24) is 0 Å². The molecule has 0 amide bonds. The maximum Gasteiger partial charge on any atom is 0.164 e. The van der Waals surface area contributed by atoms with Crippen LogP contribution in [0.3, 0.4) is 0 Å². The molecule has 1 aromatic carbocycles.